The number of ether oxygens (including phenoxy) is 1. The molecule has 1 atom stereocenters. The van der Waals surface area contributed by atoms with Gasteiger partial charge in [-0.05, 0) is 19.5 Å². The number of likely N-dealkylation sites (N-methyl/N-ethyl adjacent to an activating group) is 1. The van der Waals surface area contributed by atoms with Crippen molar-refractivity contribution >= 4 is 0 Å². The molecule has 20 heavy (non-hydrogen) atoms. The lowest BCUT2D eigenvalue weighted by Gasteiger charge is -2.20. The minimum absolute atomic E-state index is 0.132. The number of hydrogen-bond donors (Lipinski definition) is 1. The van der Waals surface area contributed by atoms with Crippen LogP contribution >= 0.6 is 0 Å². The second-order valence-corrected chi connectivity index (χ2v) is 4.42. The summed E-state index contributed by atoms with van der Waals surface area (Å²) in [6.07, 6.45) is 5.89. The second kappa shape index (κ2) is 7.00. The van der Waals surface area contributed by atoms with Crippen LogP contribution in [0.25, 0.3) is 0 Å². The quantitative estimate of drug-likeness (QED) is 0.831. The Hall–Kier alpha value is -1.95. The number of pyridine rings is 1. The highest BCUT2D eigenvalue weighted by Gasteiger charge is 2.18. The predicted octanol–water partition coefficient (Wildman–Crippen LogP) is 1.59. The van der Waals surface area contributed by atoms with Gasteiger partial charge in [-0.15, -0.1) is 0 Å². The molecule has 0 saturated heterocycles. The van der Waals surface area contributed by atoms with Gasteiger partial charge in [0.1, 0.15) is 17.9 Å². The van der Waals surface area contributed by atoms with Crippen molar-refractivity contribution in [1.82, 2.24) is 25.1 Å². The third-order valence-corrected chi connectivity index (χ3v) is 3.24. The van der Waals surface area contributed by atoms with Crippen LogP contribution in [0.1, 0.15) is 31.3 Å². The number of nitrogens with zero attached hydrogens (tertiary/aromatic N) is 4. The van der Waals surface area contributed by atoms with Gasteiger partial charge in [0, 0.05) is 30.8 Å². The molecule has 1 N–H and O–H groups in total. The van der Waals surface area contributed by atoms with Crippen LogP contribution in [0.4, 0.5) is 0 Å². The van der Waals surface area contributed by atoms with E-state index in [9.17, 15) is 0 Å². The molecule has 0 saturated carbocycles. The fraction of sp³-hybridized carbons (Fsp3) is 0.500. The molecule has 2 rings (SSSR count). The zero-order chi connectivity index (χ0) is 14.4. The molecule has 2 aromatic heterocycles. The van der Waals surface area contributed by atoms with Gasteiger partial charge < -0.3 is 10.1 Å². The van der Waals surface area contributed by atoms with Crippen LogP contribution in [-0.4, -0.2) is 33.4 Å². The largest absolute Gasteiger partial charge is 0.495 e. The van der Waals surface area contributed by atoms with Crippen molar-refractivity contribution in [2.75, 3.05) is 13.7 Å². The minimum atomic E-state index is 0.132. The molecule has 0 aliphatic carbocycles. The molecule has 0 aromatic carbocycles. The Morgan fingerprint density at radius 1 is 1.40 bits per heavy atom. The van der Waals surface area contributed by atoms with E-state index in [1.54, 1.807) is 25.8 Å². The van der Waals surface area contributed by atoms with Gasteiger partial charge >= 0.3 is 0 Å². The third kappa shape index (κ3) is 3.14. The maximum absolute atomic E-state index is 5.40. The Bertz CT molecular complexity index is 540. The Labute approximate surface area is 119 Å². The summed E-state index contributed by atoms with van der Waals surface area (Å²) < 4.78 is 7.32. The van der Waals surface area contributed by atoms with E-state index in [0.29, 0.717) is 0 Å². The van der Waals surface area contributed by atoms with Gasteiger partial charge in [0.15, 0.2) is 0 Å². The van der Waals surface area contributed by atoms with E-state index in [4.69, 9.17) is 4.74 Å². The fourth-order valence-electron chi connectivity index (χ4n) is 2.28. The number of aryl methyl sites for hydroxylation is 1. The lowest BCUT2D eigenvalue weighted by atomic mass is 10.0. The maximum atomic E-state index is 5.40. The lowest BCUT2D eigenvalue weighted by Crippen LogP contribution is -2.25. The van der Waals surface area contributed by atoms with E-state index in [1.807, 2.05) is 10.7 Å². The molecule has 0 aliphatic heterocycles. The smallest absolute Gasteiger partial charge is 0.141 e. The SMILES string of the molecule is CCNC(Cc1ncnn1CC)c1ccncc1OC. The summed E-state index contributed by atoms with van der Waals surface area (Å²) in [5, 5.41) is 7.69. The van der Waals surface area contributed by atoms with Crippen LogP contribution in [0.5, 0.6) is 5.75 Å². The molecule has 108 valence electrons. The van der Waals surface area contributed by atoms with E-state index < -0.39 is 0 Å². The number of rotatable bonds is 7. The highest BCUT2D eigenvalue weighted by atomic mass is 16.5. The fourth-order valence-corrected chi connectivity index (χ4v) is 2.28. The van der Waals surface area contributed by atoms with E-state index in [1.165, 1.54) is 0 Å². The van der Waals surface area contributed by atoms with E-state index >= 15 is 0 Å². The van der Waals surface area contributed by atoms with E-state index in [-0.39, 0.29) is 6.04 Å². The molecule has 6 nitrogen and oxygen atoms in total. The molecule has 0 fully saturated rings. The molecule has 1 unspecified atom stereocenters. The van der Waals surface area contributed by atoms with E-state index in [2.05, 4.69) is 34.2 Å². The first-order valence-electron chi connectivity index (χ1n) is 6.88. The van der Waals surface area contributed by atoms with Gasteiger partial charge in [0.25, 0.3) is 0 Å². The maximum Gasteiger partial charge on any atom is 0.141 e. The summed E-state index contributed by atoms with van der Waals surface area (Å²) in [5.74, 6) is 1.76. The molecule has 0 aliphatic rings. The Morgan fingerprint density at radius 2 is 2.25 bits per heavy atom. The molecule has 0 spiro atoms. The topological polar surface area (TPSA) is 64.9 Å². The van der Waals surface area contributed by atoms with E-state index in [0.717, 1.165) is 36.6 Å². The minimum Gasteiger partial charge on any atom is -0.495 e. The van der Waals surface area contributed by atoms with Gasteiger partial charge in [-0.25, -0.2) is 4.98 Å². The van der Waals surface area contributed by atoms with Crippen LogP contribution in [0.2, 0.25) is 0 Å². The summed E-state index contributed by atoms with van der Waals surface area (Å²) in [5.41, 5.74) is 1.09. The van der Waals surface area contributed by atoms with Crippen LogP contribution in [0, 0.1) is 0 Å². The van der Waals surface area contributed by atoms with Gasteiger partial charge in [-0.1, -0.05) is 6.92 Å². The molecular formula is C14H21N5O. The van der Waals surface area contributed by atoms with Crippen LogP contribution in [-0.2, 0) is 13.0 Å². The average Bonchev–Trinajstić information content (AvgIpc) is 2.94. The molecule has 6 heteroatoms. The van der Waals surface area contributed by atoms with Crippen molar-refractivity contribution in [2.24, 2.45) is 0 Å². The highest BCUT2D eigenvalue weighted by Crippen LogP contribution is 2.26. The van der Waals surface area contributed by atoms with Crippen molar-refractivity contribution in [2.45, 2.75) is 32.9 Å². The van der Waals surface area contributed by atoms with Crippen molar-refractivity contribution in [1.29, 1.82) is 0 Å². The molecule has 0 amide bonds. The van der Waals surface area contributed by atoms with Crippen molar-refractivity contribution in [3.63, 3.8) is 0 Å². The molecule has 0 bridgehead atoms. The number of aromatic nitrogens is 4. The summed E-state index contributed by atoms with van der Waals surface area (Å²) in [7, 11) is 1.66. The highest BCUT2D eigenvalue weighted by molar-refractivity contribution is 5.33. The second-order valence-electron chi connectivity index (χ2n) is 4.42. The number of nitrogens with one attached hydrogen (secondary N) is 1. The first-order valence-corrected chi connectivity index (χ1v) is 6.88. The first kappa shape index (κ1) is 14.5. The molecule has 2 heterocycles. The molecule has 2 aromatic rings. The Balaban J connectivity index is 2.27. The Morgan fingerprint density at radius 3 is 2.95 bits per heavy atom. The monoisotopic (exact) mass is 275 g/mol. The average molecular weight is 275 g/mol. The standard InChI is InChI=1S/C14H21N5O/c1-4-16-12(8-14-17-10-18-19(14)5-2)11-6-7-15-9-13(11)20-3/h6-7,9-10,12,16H,4-5,8H2,1-3H3. The third-order valence-electron chi connectivity index (χ3n) is 3.24. The van der Waals surface area contributed by atoms with Crippen LogP contribution < -0.4 is 10.1 Å². The van der Waals surface area contributed by atoms with Gasteiger partial charge in [0.05, 0.1) is 13.3 Å². The van der Waals surface area contributed by atoms with Crippen molar-refractivity contribution in [3.05, 3.63) is 36.2 Å². The lowest BCUT2D eigenvalue weighted by molar-refractivity contribution is 0.395. The van der Waals surface area contributed by atoms with Crippen molar-refractivity contribution < 1.29 is 4.74 Å². The zero-order valence-corrected chi connectivity index (χ0v) is 12.2. The molecule has 0 radical (unpaired) electrons. The number of hydrogen-bond acceptors (Lipinski definition) is 5. The normalized spacial score (nSPS) is 12.3. The summed E-state index contributed by atoms with van der Waals surface area (Å²) in [6.45, 7) is 5.84. The Kier molecular flexibility index (Phi) is 5.06. The predicted molar refractivity (Wildman–Crippen MR) is 76.6 cm³/mol. The van der Waals surface area contributed by atoms with Gasteiger partial charge in [0.2, 0.25) is 0 Å². The zero-order valence-electron chi connectivity index (χ0n) is 12.2. The summed E-state index contributed by atoms with van der Waals surface area (Å²) in [6, 6.07) is 2.12. The molecular weight excluding hydrogens is 254 g/mol. The van der Waals surface area contributed by atoms with Gasteiger partial charge in [-0.3, -0.25) is 9.67 Å². The number of methoxy groups -OCH3 is 1. The van der Waals surface area contributed by atoms with Gasteiger partial charge in [-0.2, -0.15) is 5.10 Å². The summed E-state index contributed by atoms with van der Waals surface area (Å²) >= 11 is 0. The van der Waals surface area contributed by atoms with Crippen LogP contribution in [0.3, 0.4) is 0 Å². The van der Waals surface area contributed by atoms with Crippen molar-refractivity contribution in [3.8, 4) is 5.75 Å². The first-order chi connectivity index (χ1) is 9.80. The summed E-state index contributed by atoms with van der Waals surface area (Å²) in [4.78, 5) is 8.45. The van der Waals surface area contributed by atoms with Crippen LogP contribution in [0.15, 0.2) is 24.8 Å².